The Balaban J connectivity index is 4.37. The number of carbonyl (C=O) groups is 1. The molecule has 2 nitrogen and oxygen atoms in total. The monoisotopic (exact) mass is 348 g/mol. The minimum Gasteiger partial charge on any atom is -0.462 e. The third-order valence-electron chi connectivity index (χ3n) is 2.22. The zero-order valence-electron chi connectivity index (χ0n) is 9.99. The second-order valence-corrected chi connectivity index (χ2v) is 6.72. The molecule has 0 amide bonds. The second-order valence-electron chi connectivity index (χ2n) is 4.12. The van der Waals surface area contributed by atoms with Crippen LogP contribution in [0.4, 0.5) is 8.78 Å². The molecule has 0 saturated carbocycles. The molecule has 0 saturated heterocycles. The Hall–Kier alpha value is 0.0600. The summed E-state index contributed by atoms with van der Waals surface area (Å²) in [5.74, 6) is -4.78. The van der Waals surface area contributed by atoms with Crippen molar-refractivity contribution in [2.24, 2.45) is 0 Å². The molecule has 0 radical (unpaired) electrons. The van der Waals surface area contributed by atoms with E-state index in [1.807, 2.05) is 29.5 Å². The van der Waals surface area contributed by atoms with Crippen LogP contribution in [-0.4, -0.2) is 21.9 Å². The van der Waals surface area contributed by atoms with Gasteiger partial charge < -0.3 is 4.74 Å². The third kappa shape index (κ3) is 5.96. The average Bonchev–Trinajstić information content (AvgIpc) is 2.13. The Bertz CT molecular complexity index is 230. The summed E-state index contributed by atoms with van der Waals surface area (Å²) >= 11 is 2.00. The summed E-state index contributed by atoms with van der Waals surface area (Å²) in [5, 5.41) is 0. The van der Waals surface area contributed by atoms with Gasteiger partial charge in [0.05, 0.1) is 6.61 Å². The lowest BCUT2D eigenvalue weighted by molar-refractivity contribution is -0.173. The van der Waals surface area contributed by atoms with Gasteiger partial charge in [0.2, 0.25) is 0 Å². The highest BCUT2D eigenvalue weighted by atomic mass is 127. The molecule has 96 valence electrons. The van der Waals surface area contributed by atoms with Crippen molar-refractivity contribution in [2.45, 2.75) is 55.8 Å². The fourth-order valence-electron chi connectivity index (χ4n) is 1.41. The van der Waals surface area contributed by atoms with Crippen LogP contribution in [0.2, 0.25) is 0 Å². The number of alkyl halides is 3. The van der Waals surface area contributed by atoms with Crippen LogP contribution in [-0.2, 0) is 9.53 Å². The van der Waals surface area contributed by atoms with E-state index in [0.717, 1.165) is 12.8 Å². The number of hydrogen-bond acceptors (Lipinski definition) is 2. The average molecular weight is 348 g/mol. The molecule has 0 aliphatic heterocycles. The molecular formula is C11H19F2IO2. The van der Waals surface area contributed by atoms with Gasteiger partial charge in [-0.25, -0.2) is 4.79 Å². The fourth-order valence-corrected chi connectivity index (χ4v) is 2.27. The zero-order chi connectivity index (χ0) is 12.8. The minimum absolute atomic E-state index is 0.0126. The van der Waals surface area contributed by atoms with Gasteiger partial charge in [0.25, 0.3) is 0 Å². The number of ether oxygens (including phenoxy) is 1. The molecule has 16 heavy (non-hydrogen) atoms. The van der Waals surface area contributed by atoms with Gasteiger partial charge >= 0.3 is 11.9 Å². The molecular weight excluding hydrogens is 329 g/mol. The van der Waals surface area contributed by atoms with Crippen LogP contribution in [0.5, 0.6) is 0 Å². The lowest BCUT2D eigenvalue weighted by Gasteiger charge is -2.26. The number of hydrogen-bond donors (Lipinski definition) is 0. The van der Waals surface area contributed by atoms with Gasteiger partial charge in [-0.1, -0.05) is 49.3 Å². The van der Waals surface area contributed by atoms with Crippen molar-refractivity contribution in [1.29, 1.82) is 0 Å². The molecule has 0 bridgehead atoms. The van der Waals surface area contributed by atoms with Crippen LogP contribution in [0.25, 0.3) is 0 Å². The van der Waals surface area contributed by atoms with Gasteiger partial charge in [0, 0.05) is 9.84 Å². The van der Waals surface area contributed by atoms with Crippen LogP contribution < -0.4 is 0 Å². The van der Waals surface area contributed by atoms with Crippen LogP contribution in [0.1, 0.15) is 46.5 Å². The highest BCUT2D eigenvalue weighted by molar-refractivity contribution is 14.1. The first kappa shape index (κ1) is 16.1. The molecule has 1 unspecified atom stereocenters. The van der Waals surface area contributed by atoms with Crippen LogP contribution >= 0.6 is 22.6 Å². The summed E-state index contributed by atoms with van der Waals surface area (Å²) < 4.78 is 30.7. The number of unbranched alkanes of at least 4 members (excludes halogenated alkanes) is 1. The van der Waals surface area contributed by atoms with Gasteiger partial charge in [0.1, 0.15) is 0 Å². The quantitative estimate of drug-likeness (QED) is 0.396. The van der Waals surface area contributed by atoms with Crippen molar-refractivity contribution >= 4 is 28.6 Å². The first-order chi connectivity index (χ1) is 7.25. The summed E-state index contributed by atoms with van der Waals surface area (Å²) in [6.45, 7) is 5.27. The van der Waals surface area contributed by atoms with Crippen molar-refractivity contribution in [2.75, 3.05) is 6.61 Å². The van der Waals surface area contributed by atoms with Crippen LogP contribution in [0.3, 0.4) is 0 Å². The standard InChI is InChI=1S/C11H19F2IO2/c1-4-6-7-10(3,14)8-11(12,13)9(15)16-5-2/h4-8H2,1-3H3. The summed E-state index contributed by atoms with van der Waals surface area (Å²) in [7, 11) is 0. The van der Waals surface area contributed by atoms with E-state index in [-0.39, 0.29) is 6.61 Å². The molecule has 0 heterocycles. The maximum absolute atomic E-state index is 13.4. The van der Waals surface area contributed by atoms with E-state index in [9.17, 15) is 13.6 Å². The van der Waals surface area contributed by atoms with Crippen molar-refractivity contribution in [3.63, 3.8) is 0 Å². The summed E-state index contributed by atoms with van der Waals surface area (Å²) in [5.41, 5.74) is 0. The number of rotatable bonds is 7. The van der Waals surface area contributed by atoms with Gasteiger partial charge in [-0.3, -0.25) is 0 Å². The minimum atomic E-state index is -3.38. The first-order valence-electron chi connectivity index (χ1n) is 5.49. The number of halogens is 3. The molecule has 0 fully saturated rings. The highest BCUT2D eigenvalue weighted by Crippen LogP contribution is 2.37. The predicted octanol–water partition coefficient (Wildman–Crippen LogP) is 3.96. The van der Waals surface area contributed by atoms with Gasteiger partial charge in [-0.2, -0.15) is 8.78 Å². The summed E-state index contributed by atoms with van der Waals surface area (Å²) in [6, 6.07) is 0. The Morgan fingerprint density at radius 1 is 1.38 bits per heavy atom. The maximum atomic E-state index is 13.4. The number of esters is 1. The van der Waals surface area contributed by atoms with Crippen molar-refractivity contribution in [1.82, 2.24) is 0 Å². The van der Waals surface area contributed by atoms with E-state index in [4.69, 9.17) is 0 Å². The smallest absolute Gasteiger partial charge is 0.377 e. The molecule has 0 aliphatic carbocycles. The lowest BCUT2D eigenvalue weighted by Crippen LogP contribution is -2.37. The van der Waals surface area contributed by atoms with Crippen molar-refractivity contribution < 1.29 is 18.3 Å². The second kappa shape index (κ2) is 6.71. The van der Waals surface area contributed by atoms with Gasteiger partial charge in [-0.05, 0) is 13.3 Å². The summed E-state index contributed by atoms with van der Waals surface area (Å²) in [6.07, 6.45) is 2.07. The molecule has 0 rings (SSSR count). The topological polar surface area (TPSA) is 26.3 Å². The molecule has 0 aromatic heterocycles. The molecule has 0 aromatic carbocycles. The SMILES string of the molecule is CCCCC(C)(I)CC(F)(F)C(=O)OCC. The van der Waals surface area contributed by atoms with E-state index in [0.29, 0.717) is 6.42 Å². The van der Waals surface area contributed by atoms with E-state index in [1.54, 1.807) is 6.92 Å². The Morgan fingerprint density at radius 2 is 1.94 bits per heavy atom. The van der Waals surface area contributed by atoms with Crippen molar-refractivity contribution in [3.8, 4) is 0 Å². The normalized spacial score (nSPS) is 15.6. The highest BCUT2D eigenvalue weighted by Gasteiger charge is 2.45. The lowest BCUT2D eigenvalue weighted by atomic mass is 9.97. The fraction of sp³-hybridized carbons (Fsp3) is 0.909. The Kier molecular flexibility index (Phi) is 6.74. The van der Waals surface area contributed by atoms with E-state index >= 15 is 0 Å². The molecule has 1 atom stereocenters. The third-order valence-corrected chi connectivity index (χ3v) is 3.14. The van der Waals surface area contributed by atoms with E-state index in [2.05, 4.69) is 4.74 Å². The molecule has 0 aromatic rings. The first-order valence-corrected chi connectivity index (χ1v) is 6.57. The molecule has 0 N–H and O–H groups in total. The molecule has 0 aliphatic rings. The maximum Gasteiger partial charge on any atom is 0.377 e. The van der Waals surface area contributed by atoms with E-state index in [1.165, 1.54) is 6.92 Å². The predicted molar refractivity (Wildman–Crippen MR) is 68.1 cm³/mol. The Morgan fingerprint density at radius 3 is 2.38 bits per heavy atom. The van der Waals surface area contributed by atoms with E-state index < -0.39 is 21.7 Å². The van der Waals surface area contributed by atoms with Gasteiger partial charge in [-0.15, -0.1) is 0 Å². The molecule has 5 heteroatoms. The summed E-state index contributed by atoms with van der Waals surface area (Å²) in [4.78, 5) is 11.0. The number of carbonyl (C=O) groups excluding carboxylic acids is 1. The zero-order valence-corrected chi connectivity index (χ0v) is 12.1. The Labute approximate surface area is 109 Å². The molecule has 0 spiro atoms. The van der Waals surface area contributed by atoms with Crippen LogP contribution in [0.15, 0.2) is 0 Å². The van der Waals surface area contributed by atoms with Gasteiger partial charge in [0.15, 0.2) is 0 Å². The largest absolute Gasteiger partial charge is 0.462 e. The van der Waals surface area contributed by atoms with Crippen LogP contribution in [0, 0.1) is 0 Å². The van der Waals surface area contributed by atoms with Crippen molar-refractivity contribution in [3.05, 3.63) is 0 Å².